The zero-order valence-corrected chi connectivity index (χ0v) is 41.1. The Morgan fingerprint density at radius 3 is 1.41 bits per heavy atom. The molecule has 0 aliphatic rings. The second kappa shape index (κ2) is 46.4. The van der Waals surface area contributed by atoms with Gasteiger partial charge in [-0.1, -0.05) is 190 Å². The van der Waals surface area contributed by atoms with Crippen LogP contribution in [-0.2, 0) is 42.2 Å². The first-order chi connectivity index (χ1) is 31.2. The van der Waals surface area contributed by atoms with E-state index in [-0.39, 0.29) is 25.9 Å². The van der Waals surface area contributed by atoms with Crippen molar-refractivity contribution >= 4 is 25.7 Å². The van der Waals surface area contributed by atoms with Crippen LogP contribution in [0.25, 0.3) is 0 Å². The fourth-order valence-electron chi connectivity index (χ4n) is 6.35. The number of carbonyl (C=O) groups is 3. The van der Waals surface area contributed by atoms with Crippen LogP contribution in [-0.4, -0.2) is 66.5 Å². The average molecular weight is 921 g/mol. The van der Waals surface area contributed by atoms with Gasteiger partial charge >= 0.3 is 25.7 Å². The molecule has 0 aromatic rings. The molecule has 11 nitrogen and oxygen atoms in total. The molecular weight excluding hydrogens is 832 g/mol. The number of aliphatic hydroxyl groups is 1. The molecule has 0 bridgehead atoms. The van der Waals surface area contributed by atoms with Crippen molar-refractivity contribution < 1.29 is 52.2 Å². The highest BCUT2D eigenvalue weighted by Crippen LogP contribution is 2.43. The summed E-state index contributed by atoms with van der Waals surface area (Å²) >= 11 is 0. The molecule has 0 saturated carbocycles. The van der Waals surface area contributed by atoms with Crippen LogP contribution in [0, 0.1) is 0 Å². The van der Waals surface area contributed by atoms with Crippen LogP contribution in [0.4, 0.5) is 0 Å². The molecule has 0 amide bonds. The standard InChI is InChI=1S/C52H89O11P/c1-4-7-10-13-16-19-22-23-24-25-28-31-34-37-40-43-52(56)63-49(45-59-50(54)41-38-35-32-29-26-20-17-14-11-8-5-2)47-61-64(57,58)60-46-48(44-53)62-51(55)42-39-36-33-30-27-21-18-15-12-9-6-3/h7,10,14,16-17,19,23-24,28,31,37,40,48-49,53H,4-6,8-9,11-13,15,18,20-22,25-27,29-30,32-36,38-39,41-47H2,1-3H3,(H,57,58)/b10-7-,17-14-,19-16-,24-23-,31-28-,40-37-. The molecule has 12 heteroatoms. The van der Waals surface area contributed by atoms with Gasteiger partial charge in [-0.05, 0) is 64.2 Å². The molecule has 0 fully saturated rings. The van der Waals surface area contributed by atoms with Gasteiger partial charge in [-0.3, -0.25) is 23.4 Å². The summed E-state index contributed by atoms with van der Waals surface area (Å²) in [4.78, 5) is 48.1. The quantitative estimate of drug-likeness (QED) is 0.0197. The van der Waals surface area contributed by atoms with E-state index in [0.29, 0.717) is 19.3 Å². The maximum atomic E-state index is 12.8. The zero-order valence-electron chi connectivity index (χ0n) is 40.2. The van der Waals surface area contributed by atoms with Crippen molar-refractivity contribution in [2.24, 2.45) is 0 Å². The molecule has 0 aromatic carbocycles. The molecular formula is C52H89O11P. The number of aliphatic hydroxyl groups excluding tert-OH is 1. The first-order valence-corrected chi connectivity index (χ1v) is 26.3. The second-order valence-corrected chi connectivity index (χ2v) is 17.7. The van der Waals surface area contributed by atoms with Crippen LogP contribution in [0.5, 0.6) is 0 Å². The summed E-state index contributed by atoms with van der Waals surface area (Å²) < 4.78 is 39.1. The molecule has 0 aliphatic carbocycles. The number of phosphoric ester groups is 1. The van der Waals surface area contributed by atoms with E-state index in [4.69, 9.17) is 23.3 Å². The van der Waals surface area contributed by atoms with Crippen molar-refractivity contribution in [2.75, 3.05) is 26.4 Å². The van der Waals surface area contributed by atoms with Crippen molar-refractivity contribution in [1.82, 2.24) is 0 Å². The Morgan fingerprint density at radius 2 is 0.891 bits per heavy atom. The van der Waals surface area contributed by atoms with E-state index < -0.39 is 57.8 Å². The summed E-state index contributed by atoms with van der Waals surface area (Å²) in [6.07, 6.45) is 49.1. The van der Waals surface area contributed by atoms with Gasteiger partial charge in [0.15, 0.2) is 6.10 Å². The van der Waals surface area contributed by atoms with Gasteiger partial charge < -0.3 is 24.2 Å². The average Bonchev–Trinajstić information content (AvgIpc) is 3.28. The molecule has 0 aliphatic heterocycles. The van der Waals surface area contributed by atoms with Crippen molar-refractivity contribution in [1.29, 1.82) is 0 Å². The van der Waals surface area contributed by atoms with Crippen LogP contribution in [0.1, 0.15) is 201 Å². The normalized spacial score (nSPS) is 14.1. The van der Waals surface area contributed by atoms with E-state index in [1.807, 2.05) is 18.2 Å². The van der Waals surface area contributed by atoms with Gasteiger partial charge in [0.2, 0.25) is 0 Å². The van der Waals surface area contributed by atoms with Gasteiger partial charge in [0, 0.05) is 12.8 Å². The van der Waals surface area contributed by atoms with Crippen molar-refractivity contribution in [2.45, 2.75) is 213 Å². The van der Waals surface area contributed by atoms with Crippen LogP contribution in [0.3, 0.4) is 0 Å². The lowest BCUT2D eigenvalue weighted by Gasteiger charge is -2.21. The molecule has 0 heterocycles. The zero-order chi connectivity index (χ0) is 47.0. The van der Waals surface area contributed by atoms with Crippen molar-refractivity contribution in [3.05, 3.63) is 72.9 Å². The lowest BCUT2D eigenvalue weighted by Crippen LogP contribution is -2.30. The highest BCUT2D eigenvalue weighted by molar-refractivity contribution is 7.47. The smallest absolute Gasteiger partial charge is 0.462 e. The summed E-state index contributed by atoms with van der Waals surface area (Å²) in [7, 11) is -4.76. The summed E-state index contributed by atoms with van der Waals surface area (Å²) in [5.74, 6) is -1.63. The first kappa shape index (κ1) is 60.9. The lowest BCUT2D eigenvalue weighted by atomic mass is 10.1. The fourth-order valence-corrected chi connectivity index (χ4v) is 7.14. The number of unbranched alkanes of at least 4 members (excludes halogenated alkanes) is 17. The number of ether oxygens (including phenoxy) is 3. The molecule has 0 aromatic heterocycles. The minimum atomic E-state index is -4.76. The Kier molecular flexibility index (Phi) is 44.2. The van der Waals surface area contributed by atoms with E-state index in [1.54, 1.807) is 6.08 Å². The molecule has 64 heavy (non-hydrogen) atoms. The molecule has 3 unspecified atom stereocenters. The maximum absolute atomic E-state index is 12.8. The molecule has 2 N–H and O–H groups in total. The summed E-state index contributed by atoms with van der Waals surface area (Å²) in [5, 5.41) is 9.74. The second-order valence-electron chi connectivity index (χ2n) is 16.3. The van der Waals surface area contributed by atoms with E-state index >= 15 is 0 Å². The Morgan fingerprint density at radius 1 is 0.469 bits per heavy atom. The van der Waals surface area contributed by atoms with E-state index in [1.165, 1.54) is 57.8 Å². The monoisotopic (exact) mass is 921 g/mol. The predicted octanol–water partition coefficient (Wildman–Crippen LogP) is 13.8. The summed E-state index contributed by atoms with van der Waals surface area (Å²) in [5.41, 5.74) is 0. The number of hydrogen-bond acceptors (Lipinski definition) is 10. The SMILES string of the molecule is CC/C=C\C/C=C\C/C=C\C/C=C\C/C=C\CC(=O)OC(COC(=O)CCCCCCC/C=C\CCCC)COP(=O)(O)OCC(CO)OC(=O)CCCCCCCCCCCCC. The van der Waals surface area contributed by atoms with Gasteiger partial charge in [0.05, 0.1) is 26.2 Å². The lowest BCUT2D eigenvalue weighted by molar-refractivity contribution is -0.160. The van der Waals surface area contributed by atoms with Crippen molar-refractivity contribution in [3.63, 3.8) is 0 Å². The van der Waals surface area contributed by atoms with E-state index in [0.717, 1.165) is 83.5 Å². The van der Waals surface area contributed by atoms with Crippen LogP contribution in [0.15, 0.2) is 72.9 Å². The fraction of sp³-hybridized carbons (Fsp3) is 0.712. The van der Waals surface area contributed by atoms with Gasteiger partial charge in [-0.15, -0.1) is 0 Å². The van der Waals surface area contributed by atoms with E-state index in [2.05, 4.69) is 69.4 Å². The topological polar surface area (TPSA) is 155 Å². The van der Waals surface area contributed by atoms with Gasteiger partial charge in [-0.2, -0.15) is 0 Å². The third-order valence-electron chi connectivity index (χ3n) is 10.1. The first-order valence-electron chi connectivity index (χ1n) is 24.8. The number of hydrogen-bond donors (Lipinski definition) is 2. The highest BCUT2D eigenvalue weighted by Gasteiger charge is 2.28. The Hall–Kier alpha value is -3.08. The largest absolute Gasteiger partial charge is 0.472 e. The minimum absolute atomic E-state index is 0.0669. The number of carbonyl (C=O) groups excluding carboxylic acids is 3. The third kappa shape index (κ3) is 44.1. The van der Waals surface area contributed by atoms with Crippen LogP contribution in [0.2, 0.25) is 0 Å². The summed E-state index contributed by atoms with van der Waals surface area (Å²) in [6.45, 7) is 4.33. The number of allylic oxidation sites excluding steroid dienone is 11. The molecule has 0 saturated heterocycles. The highest BCUT2D eigenvalue weighted by atomic mass is 31.2. The van der Waals surface area contributed by atoms with Crippen LogP contribution < -0.4 is 0 Å². The Labute approximate surface area is 388 Å². The predicted molar refractivity (Wildman–Crippen MR) is 261 cm³/mol. The van der Waals surface area contributed by atoms with Gasteiger partial charge in [0.1, 0.15) is 12.7 Å². The number of esters is 3. The Bertz CT molecular complexity index is 1350. The minimum Gasteiger partial charge on any atom is -0.462 e. The number of rotatable bonds is 45. The third-order valence-corrected chi connectivity index (χ3v) is 11.1. The molecule has 368 valence electrons. The Balaban J connectivity index is 4.88. The summed E-state index contributed by atoms with van der Waals surface area (Å²) in [6, 6.07) is 0. The van der Waals surface area contributed by atoms with Gasteiger partial charge in [-0.25, -0.2) is 4.57 Å². The molecule has 3 atom stereocenters. The van der Waals surface area contributed by atoms with Crippen molar-refractivity contribution in [3.8, 4) is 0 Å². The molecule has 0 radical (unpaired) electrons. The maximum Gasteiger partial charge on any atom is 0.472 e. The molecule has 0 spiro atoms. The molecule has 0 rings (SSSR count). The number of phosphoric acid groups is 1. The van der Waals surface area contributed by atoms with Gasteiger partial charge in [0.25, 0.3) is 0 Å². The van der Waals surface area contributed by atoms with E-state index in [9.17, 15) is 28.9 Å². The van der Waals surface area contributed by atoms with Crippen LogP contribution >= 0.6 is 7.82 Å².